The fraction of sp³-hybridized carbons (Fsp3) is 0.500. The SMILES string of the molecule is CCc1n[nH]c(=O)c(C(=O)NC(C)C(=O)O)c1CC. The normalized spacial score (nSPS) is 11.9. The summed E-state index contributed by atoms with van der Waals surface area (Å²) in [6.07, 6.45) is 1.05. The summed E-state index contributed by atoms with van der Waals surface area (Å²) < 4.78 is 0. The van der Waals surface area contributed by atoms with Crippen LogP contribution >= 0.6 is 0 Å². The Morgan fingerprint density at radius 2 is 2.00 bits per heavy atom. The Bertz CT molecular complexity index is 550. The number of aliphatic carboxylic acids is 1. The highest BCUT2D eigenvalue weighted by Crippen LogP contribution is 2.10. The molecule has 0 aliphatic carbocycles. The average Bonchev–Trinajstić information content (AvgIpc) is 2.37. The summed E-state index contributed by atoms with van der Waals surface area (Å²) in [4.78, 5) is 34.5. The van der Waals surface area contributed by atoms with Crippen LogP contribution in [0.5, 0.6) is 0 Å². The first-order valence-electron chi connectivity index (χ1n) is 6.06. The zero-order valence-electron chi connectivity index (χ0n) is 11.1. The summed E-state index contributed by atoms with van der Waals surface area (Å²) in [5.41, 5.74) is 0.531. The van der Waals surface area contributed by atoms with Gasteiger partial charge >= 0.3 is 5.97 Å². The highest BCUT2D eigenvalue weighted by atomic mass is 16.4. The number of hydrogen-bond donors (Lipinski definition) is 3. The molecule has 1 heterocycles. The van der Waals surface area contributed by atoms with E-state index in [-0.39, 0.29) is 5.56 Å². The lowest BCUT2D eigenvalue weighted by molar-refractivity contribution is -0.138. The van der Waals surface area contributed by atoms with Crippen molar-refractivity contribution in [2.75, 3.05) is 0 Å². The number of carboxylic acid groups (broad SMARTS) is 1. The molecule has 1 unspecified atom stereocenters. The lowest BCUT2D eigenvalue weighted by Crippen LogP contribution is -2.41. The largest absolute Gasteiger partial charge is 0.480 e. The first kappa shape index (κ1) is 14.9. The summed E-state index contributed by atoms with van der Waals surface area (Å²) in [6.45, 7) is 5.01. The number of aryl methyl sites for hydroxylation is 1. The second kappa shape index (κ2) is 6.12. The van der Waals surface area contributed by atoms with Crippen molar-refractivity contribution in [1.82, 2.24) is 15.5 Å². The van der Waals surface area contributed by atoms with E-state index in [0.29, 0.717) is 24.1 Å². The van der Waals surface area contributed by atoms with E-state index in [9.17, 15) is 14.4 Å². The average molecular weight is 267 g/mol. The maximum absolute atomic E-state index is 12.0. The van der Waals surface area contributed by atoms with Crippen LogP contribution in [0.2, 0.25) is 0 Å². The van der Waals surface area contributed by atoms with E-state index in [4.69, 9.17) is 5.11 Å². The topological polar surface area (TPSA) is 112 Å². The summed E-state index contributed by atoms with van der Waals surface area (Å²) in [5.74, 6) is -1.85. The van der Waals surface area contributed by atoms with Gasteiger partial charge in [0.05, 0.1) is 5.69 Å². The summed E-state index contributed by atoms with van der Waals surface area (Å²) in [7, 11) is 0. The molecule has 3 N–H and O–H groups in total. The number of nitrogens with one attached hydrogen (secondary N) is 2. The van der Waals surface area contributed by atoms with Gasteiger partial charge in [-0.15, -0.1) is 0 Å². The third-order valence-corrected chi connectivity index (χ3v) is 2.80. The molecule has 0 aliphatic heterocycles. The molecule has 19 heavy (non-hydrogen) atoms. The third kappa shape index (κ3) is 3.18. The number of carbonyl (C=O) groups excluding carboxylic acids is 1. The summed E-state index contributed by atoms with van der Waals surface area (Å²) >= 11 is 0. The molecule has 1 amide bonds. The predicted octanol–water partition coefficient (Wildman–Crippen LogP) is 0.0976. The maximum Gasteiger partial charge on any atom is 0.325 e. The third-order valence-electron chi connectivity index (χ3n) is 2.80. The van der Waals surface area contributed by atoms with Crippen LogP contribution in [0, 0.1) is 0 Å². The van der Waals surface area contributed by atoms with E-state index in [2.05, 4.69) is 15.5 Å². The van der Waals surface area contributed by atoms with Gasteiger partial charge in [-0.2, -0.15) is 5.10 Å². The quantitative estimate of drug-likeness (QED) is 0.700. The zero-order valence-corrected chi connectivity index (χ0v) is 11.1. The molecule has 0 spiro atoms. The Morgan fingerprint density at radius 1 is 1.37 bits per heavy atom. The van der Waals surface area contributed by atoms with Crippen molar-refractivity contribution < 1.29 is 14.7 Å². The zero-order chi connectivity index (χ0) is 14.6. The minimum absolute atomic E-state index is 0.0533. The van der Waals surface area contributed by atoms with E-state index < -0.39 is 23.5 Å². The van der Waals surface area contributed by atoms with Gasteiger partial charge in [-0.05, 0) is 25.3 Å². The van der Waals surface area contributed by atoms with Crippen LogP contribution in [0.15, 0.2) is 4.79 Å². The molecule has 0 radical (unpaired) electrons. The van der Waals surface area contributed by atoms with Gasteiger partial charge in [0.2, 0.25) is 0 Å². The smallest absolute Gasteiger partial charge is 0.325 e. The molecule has 0 saturated carbocycles. The van der Waals surface area contributed by atoms with Gasteiger partial charge < -0.3 is 10.4 Å². The molecule has 1 aromatic heterocycles. The molecule has 0 fully saturated rings. The van der Waals surface area contributed by atoms with E-state index in [1.54, 1.807) is 0 Å². The number of nitrogens with zero attached hydrogens (tertiary/aromatic N) is 1. The number of rotatable bonds is 5. The molecule has 1 atom stereocenters. The van der Waals surface area contributed by atoms with Gasteiger partial charge in [0.15, 0.2) is 0 Å². The molecule has 1 rings (SSSR count). The van der Waals surface area contributed by atoms with Crippen LogP contribution in [-0.2, 0) is 17.6 Å². The molecule has 7 heteroatoms. The van der Waals surface area contributed by atoms with Crippen molar-refractivity contribution in [2.45, 2.75) is 39.7 Å². The van der Waals surface area contributed by atoms with Gasteiger partial charge in [0, 0.05) is 0 Å². The molecule has 0 aromatic carbocycles. The minimum atomic E-state index is -1.16. The van der Waals surface area contributed by atoms with E-state index in [1.807, 2.05) is 13.8 Å². The van der Waals surface area contributed by atoms with Crippen LogP contribution in [0.3, 0.4) is 0 Å². The highest BCUT2D eigenvalue weighted by Gasteiger charge is 2.22. The van der Waals surface area contributed by atoms with Crippen LogP contribution in [-0.4, -0.2) is 33.2 Å². The van der Waals surface area contributed by atoms with Crippen LogP contribution in [0.1, 0.15) is 42.4 Å². The van der Waals surface area contributed by atoms with Gasteiger partial charge in [-0.1, -0.05) is 13.8 Å². The van der Waals surface area contributed by atoms with Crippen molar-refractivity contribution in [1.29, 1.82) is 0 Å². The van der Waals surface area contributed by atoms with E-state index >= 15 is 0 Å². The number of hydrogen-bond acceptors (Lipinski definition) is 4. The number of amides is 1. The molecule has 7 nitrogen and oxygen atoms in total. The molecular weight excluding hydrogens is 250 g/mol. The molecule has 0 bridgehead atoms. The Hall–Kier alpha value is -2.18. The van der Waals surface area contributed by atoms with Crippen molar-refractivity contribution >= 4 is 11.9 Å². The molecule has 104 valence electrons. The van der Waals surface area contributed by atoms with Crippen LogP contribution in [0.25, 0.3) is 0 Å². The fourth-order valence-corrected chi connectivity index (χ4v) is 1.77. The number of carbonyl (C=O) groups is 2. The number of carboxylic acids is 1. The first-order valence-corrected chi connectivity index (χ1v) is 6.06. The standard InChI is InChI=1S/C12H17N3O4/c1-4-7-8(5-2)14-15-11(17)9(7)10(16)13-6(3)12(18)19/h6H,4-5H2,1-3H3,(H,13,16)(H,15,17)(H,18,19). The molecular formula is C12H17N3O4. The van der Waals surface area contributed by atoms with Crippen molar-refractivity contribution in [3.63, 3.8) is 0 Å². The summed E-state index contributed by atoms with van der Waals surface area (Å²) in [5, 5.41) is 17.2. The monoisotopic (exact) mass is 267 g/mol. The highest BCUT2D eigenvalue weighted by molar-refractivity contribution is 5.97. The number of aromatic amines is 1. The number of aromatic nitrogens is 2. The van der Waals surface area contributed by atoms with Crippen LogP contribution in [0.4, 0.5) is 0 Å². The Balaban J connectivity index is 3.22. The Labute approximate surface area is 110 Å². The Morgan fingerprint density at radius 3 is 2.47 bits per heavy atom. The fourth-order valence-electron chi connectivity index (χ4n) is 1.77. The second-order valence-corrected chi connectivity index (χ2v) is 4.09. The molecule has 0 aliphatic rings. The molecule has 1 aromatic rings. The van der Waals surface area contributed by atoms with Crippen molar-refractivity contribution in [2.24, 2.45) is 0 Å². The van der Waals surface area contributed by atoms with Gasteiger partial charge in [0.25, 0.3) is 11.5 Å². The van der Waals surface area contributed by atoms with Gasteiger partial charge in [0.1, 0.15) is 11.6 Å². The predicted molar refractivity (Wildman–Crippen MR) is 68.2 cm³/mol. The Kier molecular flexibility index (Phi) is 4.80. The number of H-pyrrole nitrogens is 1. The van der Waals surface area contributed by atoms with Gasteiger partial charge in [-0.25, -0.2) is 5.10 Å². The van der Waals surface area contributed by atoms with Crippen LogP contribution < -0.4 is 10.9 Å². The molecule has 0 saturated heterocycles. The van der Waals surface area contributed by atoms with Crippen molar-refractivity contribution in [3.8, 4) is 0 Å². The maximum atomic E-state index is 12.0. The minimum Gasteiger partial charge on any atom is -0.480 e. The lowest BCUT2D eigenvalue weighted by Gasteiger charge is -2.12. The van der Waals surface area contributed by atoms with Crippen molar-refractivity contribution in [3.05, 3.63) is 27.2 Å². The summed E-state index contributed by atoms with van der Waals surface area (Å²) in [6, 6.07) is -1.06. The first-order chi connectivity index (χ1) is 8.92. The second-order valence-electron chi connectivity index (χ2n) is 4.09. The van der Waals surface area contributed by atoms with E-state index in [0.717, 1.165) is 0 Å². The van der Waals surface area contributed by atoms with E-state index in [1.165, 1.54) is 6.92 Å². The van der Waals surface area contributed by atoms with Gasteiger partial charge in [-0.3, -0.25) is 14.4 Å². The lowest BCUT2D eigenvalue weighted by atomic mass is 10.0.